The van der Waals surface area contributed by atoms with E-state index in [2.05, 4.69) is 17.2 Å². The maximum Gasteiger partial charge on any atom is 0.259 e. The number of hydrogen-bond acceptors (Lipinski definition) is 5. The summed E-state index contributed by atoms with van der Waals surface area (Å²) < 4.78 is 0. The van der Waals surface area contributed by atoms with Crippen LogP contribution in [-0.4, -0.2) is 40.4 Å². The molecule has 2 atom stereocenters. The van der Waals surface area contributed by atoms with Crippen molar-refractivity contribution in [3.8, 4) is 0 Å². The molecule has 1 fully saturated rings. The molecule has 0 bridgehead atoms. The van der Waals surface area contributed by atoms with Gasteiger partial charge in [-0.2, -0.15) is 0 Å². The number of fused-ring (bicyclic) bond motifs is 3. The SMILES string of the molecule is C[C@@H]1CCc2c(sc3nc([C@@H](C)N(C)CC(=O)NC4CC4)[nH]c(=O)c23)C1. The molecule has 2 N–H and O–H groups in total. The van der Waals surface area contributed by atoms with Gasteiger partial charge in [0.2, 0.25) is 5.91 Å². The minimum Gasteiger partial charge on any atom is -0.352 e. The molecule has 0 radical (unpaired) electrons. The van der Waals surface area contributed by atoms with E-state index in [1.54, 1.807) is 11.3 Å². The molecule has 140 valence electrons. The first kappa shape index (κ1) is 17.7. The van der Waals surface area contributed by atoms with Crippen LogP contribution in [-0.2, 0) is 17.6 Å². The van der Waals surface area contributed by atoms with Gasteiger partial charge >= 0.3 is 0 Å². The van der Waals surface area contributed by atoms with E-state index in [-0.39, 0.29) is 17.5 Å². The zero-order valence-corrected chi connectivity index (χ0v) is 16.4. The molecule has 0 spiro atoms. The number of likely N-dealkylation sites (N-methyl/N-ethyl adjacent to an activating group) is 1. The van der Waals surface area contributed by atoms with Crippen LogP contribution < -0.4 is 10.9 Å². The van der Waals surface area contributed by atoms with Gasteiger partial charge in [0.05, 0.1) is 18.0 Å². The van der Waals surface area contributed by atoms with Gasteiger partial charge in [-0.15, -0.1) is 11.3 Å². The number of hydrogen-bond donors (Lipinski definition) is 2. The number of carbonyl (C=O) groups is 1. The standard InChI is InChI=1S/C19H26N4O2S/c1-10-4-7-13-14(8-10)26-19-16(13)18(25)21-17(22-19)11(2)23(3)9-15(24)20-12-5-6-12/h10-12H,4-9H2,1-3H3,(H,20,24)(H,21,22,25)/t10-,11-/m1/s1. The third-order valence-corrected chi connectivity index (χ3v) is 6.72. The Hall–Kier alpha value is -1.73. The molecule has 2 aliphatic carbocycles. The predicted octanol–water partition coefficient (Wildman–Crippen LogP) is 2.38. The summed E-state index contributed by atoms with van der Waals surface area (Å²) in [5, 5.41) is 3.78. The lowest BCUT2D eigenvalue weighted by Gasteiger charge is -2.23. The van der Waals surface area contributed by atoms with Gasteiger partial charge in [0.15, 0.2) is 0 Å². The molecule has 0 unspecified atom stereocenters. The van der Waals surface area contributed by atoms with Crippen molar-refractivity contribution in [2.75, 3.05) is 13.6 Å². The van der Waals surface area contributed by atoms with E-state index in [1.807, 2.05) is 18.9 Å². The second-order valence-corrected chi connectivity index (χ2v) is 9.00. The summed E-state index contributed by atoms with van der Waals surface area (Å²) in [6.45, 7) is 4.54. The molecule has 2 aliphatic rings. The van der Waals surface area contributed by atoms with Crippen molar-refractivity contribution in [1.82, 2.24) is 20.2 Å². The summed E-state index contributed by atoms with van der Waals surface area (Å²) in [7, 11) is 1.89. The highest BCUT2D eigenvalue weighted by Crippen LogP contribution is 2.36. The summed E-state index contributed by atoms with van der Waals surface area (Å²) in [5.74, 6) is 1.34. The maximum atomic E-state index is 12.7. The minimum absolute atomic E-state index is 0.0332. The van der Waals surface area contributed by atoms with Crippen LogP contribution in [0.4, 0.5) is 0 Å². The van der Waals surface area contributed by atoms with Crippen LogP contribution in [0.1, 0.15) is 55.4 Å². The molecule has 1 saturated carbocycles. The predicted molar refractivity (Wildman–Crippen MR) is 104 cm³/mol. The number of thiophene rings is 1. The van der Waals surface area contributed by atoms with Gasteiger partial charge in [0.1, 0.15) is 10.7 Å². The third kappa shape index (κ3) is 3.42. The number of rotatable bonds is 5. The summed E-state index contributed by atoms with van der Waals surface area (Å²) >= 11 is 1.66. The molecule has 2 aromatic rings. The summed E-state index contributed by atoms with van der Waals surface area (Å²) in [6.07, 6.45) is 5.31. The molecule has 26 heavy (non-hydrogen) atoms. The number of nitrogens with zero attached hydrogens (tertiary/aromatic N) is 2. The van der Waals surface area contributed by atoms with Crippen LogP contribution in [0.25, 0.3) is 10.2 Å². The third-order valence-electron chi connectivity index (χ3n) is 5.58. The van der Waals surface area contributed by atoms with Gasteiger partial charge in [-0.3, -0.25) is 14.5 Å². The monoisotopic (exact) mass is 374 g/mol. The topological polar surface area (TPSA) is 78.1 Å². The van der Waals surface area contributed by atoms with Crippen LogP contribution in [0.15, 0.2) is 4.79 Å². The fourth-order valence-corrected chi connectivity index (χ4v) is 5.03. The normalized spacial score (nSPS) is 21.0. The number of aromatic nitrogens is 2. The number of nitrogens with one attached hydrogen (secondary N) is 2. The largest absolute Gasteiger partial charge is 0.352 e. The van der Waals surface area contributed by atoms with E-state index in [1.165, 1.54) is 10.4 Å². The molecule has 0 aliphatic heterocycles. The summed E-state index contributed by atoms with van der Waals surface area (Å²) in [4.78, 5) is 36.6. The maximum absolute atomic E-state index is 12.7. The number of aromatic amines is 1. The average molecular weight is 375 g/mol. The molecule has 1 amide bonds. The van der Waals surface area contributed by atoms with Crippen molar-refractivity contribution in [1.29, 1.82) is 0 Å². The van der Waals surface area contributed by atoms with E-state index < -0.39 is 0 Å². The second kappa shape index (κ2) is 6.78. The van der Waals surface area contributed by atoms with Crippen LogP contribution >= 0.6 is 11.3 Å². The highest BCUT2D eigenvalue weighted by molar-refractivity contribution is 7.18. The molecular weight excluding hydrogens is 348 g/mol. The molecule has 2 aromatic heterocycles. The van der Waals surface area contributed by atoms with Crippen molar-refractivity contribution in [3.05, 3.63) is 26.6 Å². The van der Waals surface area contributed by atoms with Crippen molar-refractivity contribution >= 4 is 27.5 Å². The smallest absolute Gasteiger partial charge is 0.259 e. The Morgan fingerprint density at radius 3 is 2.92 bits per heavy atom. The first-order chi connectivity index (χ1) is 12.4. The van der Waals surface area contributed by atoms with Gasteiger partial charge < -0.3 is 10.3 Å². The molecule has 0 saturated heterocycles. The molecule has 6 nitrogen and oxygen atoms in total. The number of carbonyl (C=O) groups excluding carboxylic acids is 1. The van der Waals surface area contributed by atoms with Crippen LogP contribution in [0, 0.1) is 5.92 Å². The highest BCUT2D eigenvalue weighted by Gasteiger charge is 2.26. The second-order valence-electron chi connectivity index (χ2n) is 7.92. The zero-order chi connectivity index (χ0) is 18.4. The van der Waals surface area contributed by atoms with E-state index in [4.69, 9.17) is 4.98 Å². The summed E-state index contributed by atoms with van der Waals surface area (Å²) in [6, 6.07) is 0.232. The van der Waals surface area contributed by atoms with Crippen molar-refractivity contribution in [3.63, 3.8) is 0 Å². The first-order valence-corrected chi connectivity index (χ1v) is 10.3. The van der Waals surface area contributed by atoms with Gasteiger partial charge in [-0.25, -0.2) is 4.98 Å². The van der Waals surface area contributed by atoms with E-state index in [0.717, 1.165) is 42.3 Å². The lowest BCUT2D eigenvalue weighted by molar-refractivity contribution is -0.122. The molecule has 0 aromatic carbocycles. The average Bonchev–Trinajstić information content (AvgIpc) is 3.31. The number of amides is 1. The Balaban J connectivity index is 1.58. The molecule has 4 rings (SSSR count). The molecular formula is C19H26N4O2S. The lowest BCUT2D eigenvalue weighted by atomic mass is 9.89. The molecule has 7 heteroatoms. The van der Waals surface area contributed by atoms with Crippen molar-refractivity contribution in [2.24, 2.45) is 5.92 Å². The minimum atomic E-state index is -0.130. The Morgan fingerprint density at radius 2 is 2.19 bits per heavy atom. The van der Waals surface area contributed by atoms with Crippen molar-refractivity contribution < 1.29 is 4.79 Å². The Labute approximate surface area is 157 Å². The van der Waals surface area contributed by atoms with Gasteiger partial charge in [-0.05, 0) is 57.6 Å². The van der Waals surface area contributed by atoms with E-state index >= 15 is 0 Å². The highest BCUT2D eigenvalue weighted by atomic mass is 32.1. The van der Waals surface area contributed by atoms with Gasteiger partial charge in [0, 0.05) is 10.9 Å². The zero-order valence-electron chi connectivity index (χ0n) is 15.6. The van der Waals surface area contributed by atoms with E-state index in [0.29, 0.717) is 24.3 Å². The summed E-state index contributed by atoms with van der Waals surface area (Å²) in [5.41, 5.74) is 1.16. The van der Waals surface area contributed by atoms with Crippen molar-refractivity contribution in [2.45, 2.75) is 58.0 Å². The fourth-order valence-electron chi connectivity index (χ4n) is 3.64. The Kier molecular flexibility index (Phi) is 4.61. The van der Waals surface area contributed by atoms with Crippen LogP contribution in [0.2, 0.25) is 0 Å². The van der Waals surface area contributed by atoms with Gasteiger partial charge in [0.25, 0.3) is 5.56 Å². The Morgan fingerprint density at radius 1 is 1.42 bits per heavy atom. The number of aryl methyl sites for hydroxylation is 1. The van der Waals surface area contributed by atoms with E-state index in [9.17, 15) is 9.59 Å². The van der Waals surface area contributed by atoms with Crippen LogP contribution in [0.5, 0.6) is 0 Å². The Bertz CT molecular complexity index is 899. The first-order valence-electron chi connectivity index (χ1n) is 9.46. The quantitative estimate of drug-likeness (QED) is 0.842. The lowest BCUT2D eigenvalue weighted by Crippen LogP contribution is -2.38. The molecule has 2 heterocycles. The van der Waals surface area contributed by atoms with Gasteiger partial charge in [-0.1, -0.05) is 6.92 Å². The number of H-pyrrole nitrogens is 1. The fraction of sp³-hybridized carbons (Fsp3) is 0.632. The van der Waals surface area contributed by atoms with Crippen LogP contribution in [0.3, 0.4) is 0 Å².